The number of thiazole rings is 1. The second-order valence-corrected chi connectivity index (χ2v) is 7.24. The lowest BCUT2D eigenvalue weighted by Crippen LogP contribution is -2.22. The highest BCUT2D eigenvalue weighted by molar-refractivity contribution is 7.15. The SMILES string of the molecule is Cc1cc(-c2nc(C(C)C)c(CNC(C)C)s2)cc(C)n1. The Hall–Kier alpha value is -1.26. The van der Waals surface area contributed by atoms with Crippen LogP contribution in [0, 0.1) is 13.8 Å². The van der Waals surface area contributed by atoms with Crippen molar-refractivity contribution in [3.05, 3.63) is 34.1 Å². The lowest BCUT2D eigenvalue weighted by molar-refractivity contribution is 0.588. The van der Waals surface area contributed by atoms with Crippen molar-refractivity contribution in [1.29, 1.82) is 0 Å². The van der Waals surface area contributed by atoms with Gasteiger partial charge in [0.25, 0.3) is 0 Å². The quantitative estimate of drug-likeness (QED) is 0.887. The summed E-state index contributed by atoms with van der Waals surface area (Å²) in [6.45, 7) is 13.7. The van der Waals surface area contributed by atoms with E-state index in [1.807, 2.05) is 13.8 Å². The number of hydrogen-bond acceptors (Lipinski definition) is 4. The molecule has 0 unspecified atom stereocenters. The van der Waals surface area contributed by atoms with Crippen LogP contribution >= 0.6 is 11.3 Å². The van der Waals surface area contributed by atoms with Crippen molar-refractivity contribution in [2.75, 3.05) is 0 Å². The highest BCUT2D eigenvalue weighted by Crippen LogP contribution is 2.32. The summed E-state index contributed by atoms with van der Waals surface area (Å²) in [5.74, 6) is 0.447. The van der Waals surface area contributed by atoms with Crippen molar-refractivity contribution >= 4 is 11.3 Å². The summed E-state index contributed by atoms with van der Waals surface area (Å²) in [6.07, 6.45) is 0. The number of pyridine rings is 1. The van der Waals surface area contributed by atoms with Crippen LogP contribution in [-0.2, 0) is 6.54 Å². The van der Waals surface area contributed by atoms with Gasteiger partial charge >= 0.3 is 0 Å². The Bertz CT molecular complexity index is 594. The zero-order valence-corrected chi connectivity index (χ0v) is 14.6. The van der Waals surface area contributed by atoms with Crippen LogP contribution in [0.3, 0.4) is 0 Å². The van der Waals surface area contributed by atoms with Crippen molar-refractivity contribution in [3.63, 3.8) is 0 Å². The first kappa shape index (κ1) is 16.1. The summed E-state index contributed by atoms with van der Waals surface area (Å²) in [5, 5.41) is 4.61. The molecule has 2 rings (SSSR count). The molecule has 2 aromatic heterocycles. The Morgan fingerprint density at radius 3 is 2.19 bits per heavy atom. The molecule has 0 aliphatic heterocycles. The van der Waals surface area contributed by atoms with E-state index in [-0.39, 0.29) is 0 Å². The van der Waals surface area contributed by atoms with Gasteiger partial charge < -0.3 is 5.32 Å². The highest BCUT2D eigenvalue weighted by atomic mass is 32.1. The minimum Gasteiger partial charge on any atom is -0.310 e. The molecule has 4 heteroatoms. The van der Waals surface area contributed by atoms with E-state index in [0.717, 1.165) is 22.9 Å². The number of nitrogens with zero attached hydrogens (tertiary/aromatic N) is 2. The molecular weight excluding hydrogens is 278 g/mol. The molecule has 0 bridgehead atoms. The van der Waals surface area contributed by atoms with Gasteiger partial charge in [0.2, 0.25) is 0 Å². The monoisotopic (exact) mass is 303 g/mol. The normalized spacial score (nSPS) is 11.6. The topological polar surface area (TPSA) is 37.8 Å². The molecule has 21 heavy (non-hydrogen) atoms. The van der Waals surface area contributed by atoms with Gasteiger partial charge in [0.1, 0.15) is 5.01 Å². The molecule has 0 spiro atoms. The van der Waals surface area contributed by atoms with Gasteiger partial charge in [0, 0.05) is 34.4 Å². The van der Waals surface area contributed by atoms with Crippen molar-refractivity contribution < 1.29 is 0 Å². The first-order chi connectivity index (χ1) is 9.86. The molecular formula is C17H25N3S. The van der Waals surface area contributed by atoms with Crippen molar-refractivity contribution in [1.82, 2.24) is 15.3 Å². The summed E-state index contributed by atoms with van der Waals surface area (Å²) in [5.41, 5.74) is 4.50. The fourth-order valence-electron chi connectivity index (χ4n) is 2.32. The first-order valence-electron chi connectivity index (χ1n) is 7.55. The Morgan fingerprint density at radius 1 is 1.05 bits per heavy atom. The van der Waals surface area contributed by atoms with Crippen LogP contribution in [-0.4, -0.2) is 16.0 Å². The van der Waals surface area contributed by atoms with E-state index in [9.17, 15) is 0 Å². The molecule has 0 fully saturated rings. The predicted molar refractivity (Wildman–Crippen MR) is 90.9 cm³/mol. The third kappa shape index (κ3) is 4.11. The van der Waals surface area contributed by atoms with Gasteiger partial charge in [-0.2, -0.15) is 0 Å². The van der Waals surface area contributed by atoms with E-state index in [4.69, 9.17) is 4.98 Å². The zero-order valence-electron chi connectivity index (χ0n) is 13.8. The maximum atomic E-state index is 4.89. The molecule has 0 aliphatic carbocycles. The van der Waals surface area contributed by atoms with E-state index in [1.165, 1.54) is 16.1 Å². The Balaban J connectivity index is 2.38. The number of aryl methyl sites for hydroxylation is 2. The number of rotatable bonds is 5. The predicted octanol–water partition coefficient (Wildman–Crippen LogP) is 4.44. The van der Waals surface area contributed by atoms with E-state index >= 15 is 0 Å². The smallest absolute Gasteiger partial charge is 0.124 e. The first-order valence-corrected chi connectivity index (χ1v) is 8.37. The van der Waals surface area contributed by atoms with E-state index < -0.39 is 0 Å². The Labute approximate surface area is 131 Å². The van der Waals surface area contributed by atoms with E-state index in [2.05, 4.69) is 50.1 Å². The van der Waals surface area contributed by atoms with Crippen LogP contribution in [0.1, 0.15) is 55.6 Å². The standard InChI is InChI=1S/C17H25N3S/c1-10(2)16-15(9-18-11(3)4)21-17(20-16)14-7-12(5)19-13(6)8-14/h7-8,10-11,18H,9H2,1-6H3. The lowest BCUT2D eigenvalue weighted by Gasteiger charge is -2.09. The number of aromatic nitrogens is 2. The molecule has 2 heterocycles. The minimum absolute atomic E-state index is 0.447. The fraction of sp³-hybridized carbons (Fsp3) is 0.529. The molecule has 0 saturated carbocycles. The van der Waals surface area contributed by atoms with Gasteiger partial charge in [-0.3, -0.25) is 4.98 Å². The third-order valence-electron chi connectivity index (χ3n) is 3.27. The maximum absolute atomic E-state index is 4.89. The van der Waals surface area contributed by atoms with Crippen molar-refractivity contribution in [3.8, 4) is 10.6 Å². The van der Waals surface area contributed by atoms with Gasteiger partial charge in [-0.1, -0.05) is 27.7 Å². The molecule has 0 saturated heterocycles. The summed E-state index contributed by atoms with van der Waals surface area (Å²) in [7, 11) is 0. The van der Waals surface area contributed by atoms with Gasteiger partial charge in [-0.25, -0.2) is 4.98 Å². The molecule has 0 atom stereocenters. The zero-order chi connectivity index (χ0) is 15.6. The van der Waals surface area contributed by atoms with Gasteiger partial charge in [0.15, 0.2) is 0 Å². The molecule has 0 amide bonds. The second kappa shape index (κ2) is 6.67. The summed E-state index contributed by atoms with van der Waals surface area (Å²) in [4.78, 5) is 10.7. The molecule has 0 radical (unpaired) electrons. The molecule has 1 N–H and O–H groups in total. The molecule has 114 valence electrons. The van der Waals surface area contributed by atoms with Crippen LogP contribution in [0.4, 0.5) is 0 Å². The fourth-order valence-corrected chi connectivity index (χ4v) is 3.47. The Kier molecular flexibility index (Phi) is 5.12. The van der Waals surface area contributed by atoms with Crippen LogP contribution in [0.2, 0.25) is 0 Å². The summed E-state index contributed by atoms with van der Waals surface area (Å²) >= 11 is 1.80. The lowest BCUT2D eigenvalue weighted by atomic mass is 10.1. The maximum Gasteiger partial charge on any atom is 0.124 e. The van der Waals surface area contributed by atoms with Crippen LogP contribution < -0.4 is 5.32 Å². The van der Waals surface area contributed by atoms with Gasteiger partial charge in [0.05, 0.1) is 5.69 Å². The van der Waals surface area contributed by atoms with Crippen molar-refractivity contribution in [2.24, 2.45) is 0 Å². The minimum atomic E-state index is 0.447. The molecule has 0 aliphatic rings. The highest BCUT2D eigenvalue weighted by Gasteiger charge is 2.16. The second-order valence-electron chi connectivity index (χ2n) is 6.16. The van der Waals surface area contributed by atoms with Crippen LogP contribution in [0.25, 0.3) is 10.6 Å². The average Bonchev–Trinajstić information content (AvgIpc) is 2.79. The van der Waals surface area contributed by atoms with E-state index in [0.29, 0.717) is 12.0 Å². The molecule has 2 aromatic rings. The number of hydrogen-bond donors (Lipinski definition) is 1. The van der Waals surface area contributed by atoms with Crippen LogP contribution in [0.5, 0.6) is 0 Å². The summed E-state index contributed by atoms with van der Waals surface area (Å²) < 4.78 is 0. The third-order valence-corrected chi connectivity index (χ3v) is 4.39. The van der Waals surface area contributed by atoms with Gasteiger partial charge in [-0.15, -0.1) is 11.3 Å². The largest absolute Gasteiger partial charge is 0.310 e. The Morgan fingerprint density at radius 2 is 1.67 bits per heavy atom. The summed E-state index contributed by atoms with van der Waals surface area (Å²) in [6, 6.07) is 4.73. The van der Waals surface area contributed by atoms with Crippen LogP contribution in [0.15, 0.2) is 12.1 Å². The van der Waals surface area contributed by atoms with E-state index in [1.54, 1.807) is 11.3 Å². The van der Waals surface area contributed by atoms with Crippen molar-refractivity contribution in [2.45, 2.75) is 60.0 Å². The van der Waals surface area contributed by atoms with Gasteiger partial charge in [-0.05, 0) is 31.9 Å². The molecule has 3 nitrogen and oxygen atoms in total. The molecule has 0 aromatic carbocycles. The average molecular weight is 303 g/mol. The number of nitrogens with one attached hydrogen (secondary N) is 1.